The van der Waals surface area contributed by atoms with E-state index in [2.05, 4.69) is 20.7 Å². The minimum Gasteiger partial charge on any atom is -0.488 e. The third-order valence-electron chi connectivity index (χ3n) is 5.15. The summed E-state index contributed by atoms with van der Waals surface area (Å²) in [6.45, 7) is 0.927. The lowest BCUT2D eigenvalue weighted by Crippen LogP contribution is -2.26. The van der Waals surface area contributed by atoms with Crippen molar-refractivity contribution < 1.29 is 23.0 Å². The topological polar surface area (TPSA) is 46.7 Å². The van der Waals surface area contributed by atoms with Crippen LogP contribution in [0.5, 0.6) is 5.75 Å². The first-order valence-electron chi connectivity index (χ1n) is 9.18. The van der Waals surface area contributed by atoms with Crippen LogP contribution in [0.15, 0.2) is 24.4 Å². The van der Waals surface area contributed by atoms with Gasteiger partial charge in [-0.2, -0.15) is 8.78 Å². The van der Waals surface area contributed by atoms with Crippen LogP contribution in [0.4, 0.5) is 8.78 Å². The number of H-pyrrole nitrogens is 1. The third-order valence-corrected chi connectivity index (χ3v) is 5.15. The van der Waals surface area contributed by atoms with Crippen LogP contribution >= 0.6 is 0 Å². The van der Waals surface area contributed by atoms with Gasteiger partial charge in [0, 0.05) is 43.2 Å². The average Bonchev–Trinajstić information content (AvgIpc) is 3.34. The summed E-state index contributed by atoms with van der Waals surface area (Å²) in [6, 6.07) is 6.09. The number of aromatic amines is 1. The molecule has 0 saturated carbocycles. The summed E-state index contributed by atoms with van der Waals surface area (Å²) in [5.41, 5.74) is 2.29. The second kappa shape index (κ2) is 7.90. The normalized spacial score (nSPS) is 24.1. The van der Waals surface area contributed by atoms with Gasteiger partial charge in [0.05, 0.1) is 19.3 Å². The molecule has 142 valence electrons. The Morgan fingerprint density at radius 1 is 1.27 bits per heavy atom. The molecular weight excluding hydrogens is 342 g/mol. The SMILES string of the molecule is FC(F)O[C@H]1CCN(CCc2c[nH]c3ccc(O[C@H]4CCOC4)cc23)C1. The highest BCUT2D eigenvalue weighted by atomic mass is 19.3. The Bertz CT molecular complexity index is 731. The Morgan fingerprint density at radius 3 is 3.00 bits per heavy atom. The van der Waals surface area contributed by atoms with E-state index < -0.39 is 6.61 Å². The molecule has 5 nitrogen and oxygen atoms in total. The number of benzene rings is 1. The molecule has 2 fully saturated rings. The van der Waals surface area contributed by atoms with Crippen molar-refractivity contribution >= 4 is 10.9 Å². The van der Waals surface area contributed by atoms with Crippen molar-refractivity contribution in [3.63, 3.8) is 0 Å². The van der Waals surface area contributed by atoms with Gasteiger partial charge >= 0.3 is 6.61 Å². The number of alkyl halides is 2. The van der Waals surface area contributed by atoms with E-state index in [0.717, 1.165) is 49.2 Å². The van der Waals surface area contributed by atoms with E-state index in [0.29, 0.717) is 19.6 Å². The molecule has 4 rings (SSSR count). The summed E-state index contributed by atoms with van der Waals surface area (Å²) in [7, 11) is 0. The zero-order chi connectivity index (χ0) is 17.9. The second-order valence-electron chi connectivity index (χ2n) is 6.98. The van der Waals surface area contributed by atoms with Crippen LogP contribution in [0.2, 0.25) is 0 Å². The summed E-state index contributed by atoms with van der Waals surface area (Å²) in [6.07, 6.45) is 4.25. The van der Waals surface area contributed by atoms with Crippen LogP contribution in [0, 0.1) is 0 Å². The first-order chi connectivity index (χ1) is 12.7. The molecule has 0 aliphatic carbocycles. The minimum absolute atomic E-state index is 0.131. The van der Waals surface area contributed by atoms with Gasteiger partial charge < -0.3 is 24.1 Å². The number of aromatic nitrogens is 1. The summed E-state index contributed by atoms with van der Waals surface area (Å²) in [5, 5.41) is 1.15. The van der Waals surface area contributed by atoms with Crippen molar-refractivity contribution in [1.29, 1.82) is 0 Å². The van der Waals surface area contributed by atoms with Crippen LogP contribution in [-0.2, 0) is 15.9 Å². The van der Waals surface area contributed by atoms with Crippen molar-refractivity contribution in [1.82, 2.24) is 9.88 Å². The smallest absolute Gasteiger partial charge is 0.345 e. The predicted molar refractivity (Wildman–Crippen MR) is 93.8 cm³/mol. The molecule has 0 amide bonds. The molecule has 1 aromatic carbocycles. The molecule has 26 heavy (non-hydrogen) atoms. The van der Waals surface area contributed by atoms with Crippen LogP contribution in [0.25, 0.3) is 10.9 Å². The maximum atomic E-state index is 12.3. The summed E-state index contributed by atoms with van der Waals surface area (Å²) >= 11 is 0. The molecule has 1 N–H and O–H groups in total. The molecule has 0 bridgehead atoms. The summed E-state index contributed by atoms with van der Waals surface area (Å²) in [4.78, 5) is 5.48. The monoisotopic (exact) mass is 366 g/mol. The lowest BCUT2D eigenvalue weighted by Gasteiger charge is -2.16. The fourth-order valence-corrected chi connectivity index (χ4v) is 3.77. The number of nitrogens with zero attached hydrogens (tertiary/aromatic N) is 1. The molecule has 7 heteroatoms. The number of hydrogen-bond acceptors (Lipinski definition) is 4. The van der Waals surface area contributed by atoms with Crippen molar-refractivity contribution in [3.8, 4) is 5.75 Å². The van der Waals surface area contributed by atoms with E-state index in [9.17, 15) is 8.78 Å². The number of halogens is 2. The van der Waals surface area contributed by atoms with Crippen molar-refractivity contribution in [2.75, 3.05) is 32.8 Å². The molecule has 2 aromatic rings. The number of fused-ring (bicyclic) bond motifs is 1. The predicted octanol–water partition coefficient (Wildman–Crippen LogP) is 3.19. The number of likely N-dealkylation sites (tertiary alicyclic amines) is 1. The van der Waals surface area contributed by atoms with Gasteiger partial charge in [-0.05, 0) is 36.6 Å². The Kier molecular flexibility index (Phi) is 5.38. The van der Waals surface area contributed by atoms with Gasteiger partial charge in [0.25, 0.3) is 0 Å². The van der Waals surface area contributed by atoms with Gasteiger partial charge in [-0.3, -0.25) is 0 Å². The van der Waals surface area contributed by atoms with Gasteiger partial charge in [-0.1, -0.05) is 0 Å². The maximum absolute atomic E-state index is 12.3. The van der Waals surface area contributed by atoms with Crippen molar-refractivity contribution in [2.24, 2.45) is 0 Å². The van der Waals surface area contributed by atoms with E-state index in [1.165, 1.54) is 5.56 Å². The van der Waals surface area contributed by atoms with E-state index >= 15 is 0 Å². The van der Waals surface area contributed by atoms with Gasteiger partial charge in [0.1, 0.15) is 11.9 Å². The third kappa shape index (κ3) is 4.16. The van der Waals surface area contributed by atoms with Gasteiger partial charge in [-0.15, -0.1) is 0 Å². The van der Waals surface area contributed by atoms with Crippen LogP contribution < -0.4 is 4.74 Å². The molecule has 0 radical (unpaired) electrons. The first-order valence-corrected chi connectivity index (χ1v) is 9.18. The molecule has 2 saturated heterocycles. The average molecular weight is 366 g/mol. The standard InChI is InChI=1S/C19H24F2N2O3/c20-19(21)26-15-4-7-23(11-15)6-3-13-10-22-18-2-1-14(9-17(13)18)25-16-5-8-24-12-16/h1-2,9-10,15-16,19,22H,3-8,11-12H2/t15-,16-/m0/s1. The van der Waals surface area contributed by atoms with Gasteiger partial charge in [-0.25, -0.2) is 0 Å². The Hall–Kier alpha value is -1.70. The molecule has 2 atom stereocenters. The second-order valence-corrected chi connectivity index (χ2v) is 6.98. The Labute approximate surface area is 151 Å². The van der Waals surface area contributed by atoms with Gasteiger partial charge in [0.2, 0.25) is 0 Å². The molecular formula is C19H24F2N2O3. The zero-order valence-corrected chi connectivity index (χ0v) is 14.6. The van der Waals surface area contributed by atoms with Crippen molar-refractivity contribution in [2.45, 2.75) is 38.1 Å². The lowest BCUT2D eigenvalue weighted by molar-refractivity contribution is -0.158. The van der Waals surface area contributed by atoms with Crippen LogP contribution in [0.3, 0.4) is 0 Å². The molecule has 1 aromatic heterocycles. The fourth-order valence-electron chi connectivity index (χ4n) is 3.77. The van der Waals surface area contributed by atoms with Crippen LogP contribution in [0.1, 0.15) is 18.4 Å². The molecule has 3 heterocycles. The van der Waals surface area contributed by atoms with E-state index in [4.69, 9.17) is 9.47 Å². The van der Waals surface area contributed by atoms with E-state index in [1.54, 1.807) is 0 Å². The van der Waals surface area contributed by atoms with Gasteiger partial charge in [0.15, 0.2) is 0 Å². The first kappa shape index (κ1) is 17.7. The molecule has 2 aliphatic heterocycles. The molecule has 2 aliphatic rings. The highest BCUT2D eigenvalue weighted by molar-refractivity contribution is 5.84. The van der Waals surface area contributed by atoms with E-state index in [-0.39, 0.29) is 12.2 Å². The number of nitrogens with one attached hydrogen (secondary N) is 1. The highest BCUT2D eigenvalue weighted by Crippen LogP contribution is 2.26. The summed E-state index contributed by atoms with van der Waals surface area (Å²) < 4.78 is 40.6. The molecule has 0 spiro atoms. The maximum Gasteiger partial charge on any atom is 0.345 e. The highest BCUT2D eigenvalue weighted by Gasteiger charge is 2.25. The van der Waals surface area contributed by atoms with Crippen molar-refractivity contribution in [3.05, 3.63) is 30.0 Å². The summed E-state index contributed by atoms with van der Waals surface area (Å²) in [5.74, 6) is 0.861. The number of rotatable bonds is 7. The quantitative estimate of drug-likeness (QED) is 0.818. The number of ether oxygens (including phenoxy) is 3. The zero-order valence-electron chi connectivity index (χ0n) is 14.6. The minimum atomic E-state index is -2.68. The lowest BCUT2D eigenvalue weighted by atomic mass is 10.1. The largest absolute Gasteiger partial charge is 0.488 e. The van der Waals surface area contributed by atoms with Crippen LogP contribution in [-0.4, -0.2) is 61.6 Å². The fraction of sp³-hybridized carbons (Fsp3) is 0.579. The Balaban J connectivity index is 1.37. The Morgan fingerprint density at radius 2 is 2.19 bits per heavy atom. The number of hydrogen-bond donors (Lipinski definition) is 1. The van der Waals surface area contributed by atoms with E-state index in [1.807, 2.05) is 18.3 Å². The molecule has 0 unspecified atom stereocenters.